The molecule has 0 amide bonds. The lowest BCUT2D eigenvalue weighted by Crippen LogP contribution is -2.31. The highest BCUT2D eigenvalue weighted by Gasteiger charge is 2.34. The molecule has 0 saturated carbocycles. The fraction of sp³-hybridized carbons (Fsp3) is 0.200. The standard InChI is InChI=1S/C25H21Cl2N3O2/c26-18-7-10-23(20(27)13-18)30-24(17-5-8-19(31)9-6-17)14-21(28-30)25(32)15-29-12-11-16-3-1-2-4-22(16)29/h1-10,13,24,31H,11-12,14-15H2. The largest absolute Gasteiger partial charge is 0.508 e. The maximum absolute atomic E-state index is 13.3. The minimum atomic E-state index is -0.209. The minimum Gasteiger partial charge on any atom is -0.508 e. The second kappa shape index (κ2) is 8.49. The first-order valence-electron chi connectivity index (χ1n) is 10.5. The Morgan fingerprint density at radius 3 is 2.59 bits per heavy atom. The van der Waals surface area contributed by atoms with Gasteiger partial charge in [-0.25, -0.2) is 0 Å². The monoisotopic (exact) mass is 465 g/mol. The summed E-state index contributed by atoms with van der Waals surface area (Å²) >= 11 is 12.6. The lowest BCUT2D eigenvalue weighted by atomic mass is 9.99. The molecule has 7 heteroatoms. The first kappa shape index (κ1) is 20.9. The SMILES string of the molecule is O=C(CN1CCc2ccccc21)C1=NN(c2ccc(Cl)cc2Cl)C(c2ccc(O)cc2)C1. The molecule has 2 heterocycles. The molecule has 0 bridgehead atoms. The number of carbonyl (C=O) groups excluding carboxylic acids is 1. The third kappa shape index (κ3) is 3.94. The van der Waals surface area contributed by atoms with Crippen LogP contribution in [0.2, 0.25) is 10.0 Å². The first-order chi connectivity index (χ1) is 15.5. The highest BCUT2D eigenvalue weighted by atomic mass is 35.5. The molecule has 0 fully saturated rings. The molecule has 0 spiro atoms. The zero-order valence-corrected chi connectivity index (χ0v) is 18.7. The van der Waals surface area contributed by atoms with Crippen molar-refractivity contribution in [1.82, 2.24) is 0 Å². The highest BCUT2D eigenvalue weighted by molar-refractivity contribution is 6.42. The van der Waals surface area contributed by atoms with Crippen molar-refractivity contribution in [2.24, 2.45) is 5.10 Å². The molecule has 0 aliphatic carbocycles. The van der Waals surface area contributed by atoms with Crippen LogP contribution in [0.4, 0.5) is 11.4 Å². The van der Waals surface area contributed by atoms with Crippen LogP contribution in [0.15, 0.2) is 71.8 Å². The molecule has 2 aliphatic heterocycles. The van der Waals surface area contributed by atoms with E-state index < -0.39 is 0 Å². The van der Waals surface area contributed by atoms with Crippen LogP contribution < -0.4 is 9.91 Å². The second-order valence-electron chi connectivity index (χ2n) is 8.02. The van der Waals surface area contributed by atoms with Gasteiger partial charge >= 0.3 is 0 Å². The predicted octanol–water partition coefficient (Wildman–Crippen LogP) is 5.64. The summed E-state index contributed by atoms with van der Waals surface area (Å²) in [5.74, 6) is 0.186. The third-order valence-electron chi connectivity index (χ3n) is 5.98. The summed E-state index contributed by atoms with van der Waals surface area (Å²) in [5, 5.41) is 17.2. The summed E-state index contributed by atoms with van der Waals surface area (Å²) in [6, 6.07) is 20.2. The van der Waals surface area contributed by atoms with Crippen molar-refractivity contribution in [3.8, 4) is 5.75 Å². The van der Waals surface area contributed by atoms with Gasteiger partial charge in [-0.1, -0.05) is 53.5 Å². The number of ketones is 1. The number of aromatic hydroxyl groups is 1. The van der Waals surface area contributed by atoms with Gasteiger partial charge < -0.3 is 10.0 Å². The normalized spacial score (nSPS) is 17.4. The summed E-state index contributed by atoms with van der Waals surface area (Å²) in [6.45, 7) is 1.12. The molecule has 3 aromatic carbocycles. The van der Waals surface area contributed by atoms with Gasteiger partial charge in [0, 0.05) is 23.7 Å². The van der Waals surface area contributed by atoms with Crippen LogP contribution in [-0.4, -0.2) is 29.7 Å². The quantitative estimate of drug-likeness (QED) is 0.529. The number of hydrazone groups is 1. The van der Waals surface area contributed by atoms with E-state index in [1.54, 1.807) is 29.3 Å². The number of benzene rings is 3. The summed E-state index contributed by atoms with van der Waals surface area (Å²) in [6.07, 6.45) is 1.40. The molecule has 1 unspecified atom stereocenters. The van der Waals surface area contributed by atoms with Crippen molar-refractivity contribution < 1.29 is 9.90 Å². The lowest BCUT2D eigenvalue weighted by molar-refractivity contribution is -0.111. The number of para-hydroxylation sites is 1. The number of hydrogen-bond acceptors (Lipinski definition) is 5. The average molecular weight is 466 g/mol. The van der Waals surface area contributed by atoms with E-state index in [0.29, 0.717) is 34.4 Å². The van der Waals surface area contributed by atoms with Gasteiger partial charge in [-0.3, -0.25) is 9.80 Å². The van der Waals surface area contributed by atoms with Crippen LogP contribution in [-0.2, 0) is 11.2 Å². The molecule has 5 nitrogen and oxygen atoms in total. The number of nitrogens with zero attached hydrogens (tertiary/aromatic N) is 3. The molecule has 0 radical (unpaired) electrons. The van der Waals surface area contributed by atoms with E-state index in [4.69, 9.17) is 28.3 Å². The lowest BCUT2D eigenvalue weighted by Gasteiger charge is -2.25. The van der Waals surface area contributed by atoms with Crippen LogP contribution >= 0.6 is 23.2 Å². The number of hydrogen-bond donors (Lipinski definition) is 1. The zero-order chi connectivity index (χ0) is 22.2. The van der Waals surface area contributed by atoms with E-state index in [0.717, 1.165) is 24.2 Å². The van der Waals surface area contributed by atoms with Crippen LogP contribution in [0.3, 0.4) is 0 Å². The number of rotatable bonds is 5. The van der Waals surface area contributed by atoms with E-state index in [9.17, 15) is 9.90 Å². The van der Waals surface area contributed by atoms with E-state index >= 15 is 0 Å². The second-order valence-corrected chi connectivity index (χ2v) is 8.87. The van der Waals surface area contributed by atoms with Gasteiger partial charge in [-0.2, -0.15) is 5.10 Å². The van der Waals surface area contributed by atoms with E-state index in [-0.39, 0.29) is 17.6 Å². The van der Waals surface area contributed by atoms with Crippen LogP contribution in [0.25, 0.3) is 0 Å². The number of phenolic OH excluding ortho intramolecular Hbond substituents is 1. The molecule has 1 atom stereocenters. The molecule has 162 valence electrons. The molecular weight excluding hydrogens is 445 g/mol. The topological polar surface area (TPSA) is 56.1 Å². The molecule has 1 N–H and O–H groups in total. The van der Waals surface area contributed by atoms with Gasteiger partial charge in [0.2, 0.25) is 0 Å². The predicted molar refractivity (Wildman–Crippen MR) is 129 cm³/mol. The Morgan fingerprint density at radius 1 is 1.03 bits per heavy atom. The van der Waals surface area contributed by atoms with Crippen molar-refractivity contribution in [2.45, 2.75) is 18.9 Å². The van der Waals surface area contributed by atoms with E-state index in [1.165, 1.54) is 5.56 Å². The van der Waals surface area contributed by atoms with Crippen LogP contribution in [0.1, 0.15) is 23.6 Å². The molecule has 32 heavy (non-hydrogen) atoms. The van der Waals surface area contributed by atoms with Gasteiger partial charge in [0.05, 0.1) is 23.3 Å². The summed E-state index contributed by atoms with van der Waals surface area (Å²) in [4.78, 5) is 15.4. The van der Waals surface area contributed by atoms with Crippen molar-refractivity contribution in [3.05, 3.63) is 87.9 Å². The Morgan fingerprint density at radius 2 is 1.81 bits per heavy atom. The van der Waals surface area contributed by atoms with Crippen molar-refractivity contribution in [1.29, 1.82) is 0 Å². The van der Waals surface area contributed by atoms with Gasteiger partial charge in [0.15, 0.2) is 5.78 Å². The Balaban J connectivity index is 1.44. The maximum atomic E-state index is 13.3. The van der Waals surface area contributed by atoms with E-state index in [2.05, 4.69) is 17.0 Å². The Hall–Kier alpha value is -3.02. The highest BCUT2D eigenvalue weighted by Crippen LogP contribution is 2.40. The fourth-order valence-electron chi connectivity index (χ4n) is 4.36. The molecule has 3 aromatic rings. The van der Waals surface area contributed by atoms with Gasteiger partial charge in [0.1, 0.15) is 11.5 Å². The Bertz CT molecular complexity index is 1210. The molecule has 0 saturated heterocycles. The maximum Gasteiger partial charge on any atom is 0.198 e. The van der Waals surface area contributed by atoms with Gasteiger partial charge in [-0.05, 0) is 53.9 Å². The van der Waals surface area contributed by atoms with E-state index in [1.807, 2.05) is 30.3 Å². The summed E-state index contributed by atoms with van der Waals surface area (Å²) in [5.41, 5.74) is 4.52. The number of fused-ring (bicyclic) bond motifs is 1. The number of carbonyl (C=O) groups is 1. The van der Waals surface area contributed by atoms with Gasteiger partial charge in [-0.15, -0.1) is 0 Å². The van der Waals surface area contributed by atoms with Crippen LogP contribution in [0.5, 0.6) is 5.75 Å². The number of anilines is 2. The van der Waals surface area contributed by atoms with Gasteiger partial charge in [0.25, 0.3) is 0 Å². The van der Waals surface area contributed by atoms with Crippen molar-refractivity contribution >= 4 is 46.1 Å². The molecule has 0 aromatic heterocycles. The number of phenols is 1. The Labute approximate surface area is 196 Å². The average Bonchev–Trinajstić information content (AvgIpc) is 3.39. The smallest absolute Gasteiger partial charge is 0.198 e. The number of Topliss-reactive ketones (excluding diaryl/α,β-unsaturated/α-hetero) is 1. The molecule has 5 rings (SSSR count). The molecular formula is C25H21Cl2N3O2. The Kier molecular flexibility index (Phi) is 5.53. The first-order valence-corrected chi connectivity index (χ1v) is 11.2. The summed E-state index contributed by atoms with van der Waals surface area (Å²) < 4.78 is 0. The third-order valence-corrected chi connectivity index (χ3v) is 6.52. The zero-order valence-electron chi connectivity index (χ0n) is 17.2. The van der Waals surface area contributed by atoms with Crippen LogP contribution in [0, 0.1) is 0 Å². The fourth-order valence-corrected chi connectivity index (χ4v) is 4.85. The van der Waals surface area contributed by atoms with Crippen molar-refractivity contribution in [2.75, 3.05) is 23.0 Å². The minimum absolute atomic E-state index is 0.00179. The molecule has 2 aliphatic rings. The number of halogens is 2. The van der Waals surface area contributed by atoms with Crippen molar-refractivity contribution in [3.63, 3.8) is 0 Å². The summed E-state index contributed by atoms with van der Waals surface area (Å²) in [7, 11) is 0.